The maximum absolute atomic E-state index is 12.1. The van der Waals surface area contributed by atoms with Gasteiger partial charge in [0, 0.05) is 0 Å². The predicted octanol–water partition coefficient (Wildman–Crippen LogP) is 2.56. The molecule has 0 fully saturated rings. The lowest BCUT2D eigenvalue weighted by molar-refractivity contribution is 0.282. The molecule has 0 aromatic heterocycles. The number of aliphatic hydroxyl groups is 1. The number of hydrogen-bond acceptors (Lipinski definition) is 4. The van der Waals surface area contributed by atoms with Crippen molar-refractivity contribution in [3.63, 3.8) is 0 Å². The van der Waals surface area contributed by atoms with Crippen LogP contribution in [-0.4, -0.2) is 25.9 Å². The fourth-order valence-corrected chi connectivity index (χ4v) is 3.52. The zero-order valence-electron chi connectivity index (χ0n) is 12.3. The molecule has 0 unspecified atom stereocenters. The first-order valence-corrected chi connectivity index (χ1v) is 8.98. The quantitative estimate of drug-likeness (QED) is 0.759. The van der Waals surface area contributed by atoms with Crippen molar-refractivity contribution in [1.82, 2.24) is 0 Å². The van der Waals surface area contributed by atoms with Gasteiger partial charge in [0.05, 0.1) is 24.7 Å². The molecule has 0 atom stereocenters. The topological polar surface area (TPSA) is 63.6 Å². The summed E-state index contributed by atoms with van der Waals surface area (Å²) < 4.78 is 29.7. The predicted molar refractivity (Wildman–Crippen MR) is 86.4 cm³/mol. The molecule has 0 spiro atoms. The highest BCUT2D eigenvalue weighted by Gasteiger charge is 2.12. The third kappa shape index (κ3) is 5.50. The van der Waals surface area contributed by atoms with Crippen molar-refractivity contribution in [2.75, 3.05) is 12.4 Å². The van der Waals surface area contributed by atoms with E-state index in [1.807, 2.05) is 30.3 Å². The number of para-hydroxylation sites is 1. The van der Waals surface area contributed by atoms with Gasteiger partial charge in [0.1, 0.15) is 5.75 Å². The molecule has 0 saturated carbocycles. The Bertz CT molecular complexity index is 681. The first-order chi connectivity index (χ1) is 10.6. The summed E-state index contributed by atoms with van der Waals surface area (Å²) in [6, 6.07) is 16.3. The van der Waals surface area contributed by atoms with E-state index in [-0.39, 0.29) is 18.1 Å². The van der Waals surface area contributed by atoms with Crippen LogP contribution in [0.1, 0.15) is 17.5 Å². The van der Waals surface area contributed by atoms with Gasteiger partial charge in [-0.2, -0.15) is 0 Å². The molecule has 5 heteroatoms. The van der Waals surface area contributed by atoms with Gasteiger partial charge >= 0.3 is 0 Å². The zero-order chi connectivity index (χ0) is 15.8. The first kappa shape index (κ1) is 16.5. The normalized spacial score (nSPS) is 11.3. The molecular weight excluding hydrogens is 300 g/mol. The maximum atomic E-state index is 12.1. The second-order valence-corrected chi connectivity index (χ2v) is 7.27. The third-order valence-corrected chi connectivity index (χ3v) is 4.86. The highest BCUT2D eigenvalue weighted by atomic mass is 32.2. The second kappa shape index (κ2) is 7.96. The van der Waals surface area contributed by atoms with Crippen molar-refractivity contribution in [3.8, 4) is 5.75 Å². The van der Waals surface area contributed by atoms with Crippen LogP contribution in [0.15, 0.2) is 54.6 Å². The van der Waals surface area contributed by atoms with E-state index in [4.69, 9.17) is 9.84 Å². The second-order valence-electron chi connectivity index (χ2n) is 5.09. The molecule has 0 saturated heterocycles. The van der Waals surface area contributed by atoms with Gasteiger partial charge in [-0.15, -0.1) is 0 Å². The molecule has 4 nitrogen and oxygen atoms in total. The summed E-state index contributed by atoms with van der Waals surface area (Å²) >= 11 is 0. The van der Waals surface area contributed by atoms with E-state index in [1.165, 1.54) is 0 Å². The molecular formula is C17H20O4S. The average Bonchev–Trinajstić information content (AvgIpc) is 2.52. The van der Waals surface area contributed by atoms with Crippen LogP contribution >= 0.6 is 0 Å². The smallest absolute Gasteiger partial charge is 0.154 e. The molecule has 2 aromatic carbocycles. The van der Waals surface area contributed by atoms with Crippen molar-refractivity contribution >= 4 is 9.84 Å². The van der Waals surface area contributed by atoms with E-state index in [0.717, 1.165) is 11.3 Å². The van der Waals surface area contributed by atoms with Gasteiger partial charge in [-0.25, -0.2) is 8.42 Å². The standard InChI is InChI=1S/C17H20O4S/c18-13-15-6-4-7-16(12-15)14-22(19,20)11-5-10-21-17-8-2-1-3-9-17/h1-4,6-9,12,18H,5,10-11,13-14H2. The average molecular weight is 320 g/mol. The Balaban J connectivity index is 1.81. The summed E-state index contributed by atoms with van der Waals surface area (Å²) in [7, 11) is -3.18. The summed E-state index contributed by atoms with van der Waals surface area (Å²) in [5, 5.41) is 9.08. The minimum Gasteiger partial charge on any atom is -0.494 e. The molecule has 0 bridgehead atoms. The van der Waals surface area contributed by atoms with E-state index >= 15 is 0 Å². The lowest BCUT2D eigenvalue weighted by Gasteiger charge is -2.07. The number of benzene rings is 2. The lowest BCUT2D eigenvalue weighted by atomic mass is 10.1. The van der Waals surface area contributed by atoms with Crippen molar-refractivity contribution in [2.45, 2.75) is 18.8 Å². The van der Waals surface area contributed by atoms with Gasteiger partial charge in [-0.3, -0.25) is 0 Å². The van der Waals surface area contributed by atoms with Gasteiger partial charge < -0.3 is 9.84 Å². The summed E-state index contributed by atoms with van der Waals surface area (Å²) in [6.45, 7) is 0.290. The Morgan fingerprint density at radius 1 is 0.955 bits per heavy atom. The Hall–Kier alpha value is -1.85. The van der Waals surface area contributed by atoms with E-state index < -0.39 is 9.84 Å². The zero-order valence-corrected chi connectivity index (χ0v) is 13.1. The molecule has 0 aliphatic heterocycles. The molecule has 0 amide bonds. The Morgan fingerprint density at radius 2 is 1.68 bits per heavy atom. The number of sulfone groups is 1. The molecule has 0 aliphatic carbocycles. The van der Waals surface area contributed by atoms with Crippen LogP contribution in [0, 0.1) is 0 Å². The van der Waals surface area contributed by atoms with Gasteiger partial charge in [-0.1, -0.05) is 42.5 Å². The summed E-state index contributed by atoms with van der Waals surface area (Å²) in [5.41, 5.74) is 1.43. The summed E-state index contributed by atoms with van der Waals surface area (Å²) in [4.78, 5) is 0. The van der Waals surface area contributed by atoms with Gasteiger partial charge in [0.15, 0.2) is 9.84 Å². The number of aliphatic hydroxyl groups excluding tert-OH is 1. The number of rotatable bonds is 8. The van der Waals surface area contributed by atoms with E-state index in [1.54, 1.807) is 24.3 Å². The van der Waals surface area contributed by atoms with Crippen molar-refractivity contribution in [2.24, 2.45) is 0 Å². The Kier molecular flexibility index (Phi) is 5.98. The lowest BCUT2D eigenvalue weighted by Crippen LogP contribution is -2.12. The summed E-state index contributed by atoms with van der Waals surface area (Å²) in [6.07, 6.45) is 0.455. The molecule has 0 aliphatic rings. The van der Waals surface area contributed by atoms with Crippen LogP contribution in [0.2, 0.25) is 0 Å². The van der Waals surface area contributed by atoms with E-state index in [2.05, 4.69) is 0 Å². The van der Waals surface area contributed by atoms with Gasteiger partial charge in [0.25, 0.3) is 0 Å². The number of ether oxygens (including phenoxy) is 1. The fourth-order valence-electron chi connectivity index (χ4n) is 2.13. The third-order valence-electron chi connectivity index (χ3n) is 3.17. The maximum Gasteiger partial charge on any atom is 0.154 e. The Labute approximate surface area is 131 Å². The number of hydrogen-bond donors (Lipinski definition) is 1. The molecule has 1 N–H and O–H groups in total. The summed E-state index contributed by atoms with van der Waals surface area (Å²) in [5.74, 6) is 0.825. The van der Waals surface area contributed by atoms with Gasteiger partial charge in [0.2, 0.25) is 0 Å². The highest BCUT2D eigenvalue weighted by molar-refractivity contribution is 7.90. The monoisotopic (exact) mass is 320 g/mol. The molecule has 118 valence electrons. The van der Waals surface area contributed by atoms with Crippen molar-refractivity contribution in [1.29, 1.82) is 0 Å². The molecule has 2 rings (SSSR count). The first-order valence-electron chi connectivity index (χ1n) is 7.16. The molecule has 22 heavy (non-hydrogen) atoms. The SMILES string of the molecule is O=S(=O)(CCCOc1ccccc1)Cc1cccc(CO)c1. The fraction of sp³-hybridized carbons (Fsp3) is 0.294. The van der Waals surface area contributed by atoms with Crippen LogP contribution in [0.3, 0.4) is 0 Å². The van der Waals surface area contributed by atoms with Crippen LogP contribution < -0.4 is 4.74 Å². The van der Waals surface area contributed by atoms with Crippen LogP contribution in [0.5, 0.6) is 5.75 Å². The van der Waals surface area contributed by atoms with E-state index in [0.29, 0.717) is 18.6 Å². The highest BCUT2D eigenvalue weighted by Crippen LogP contribution is 2.12. The van der Waals surface area contributed by atoms with Crippen LogP contribution in [0.4, 0.5) is 0 Å². The van der Waals surface area contributed by atoms with Gasteiger partial charge in [-0.05, 0) is 29.7 Å². The van der Waals surface area contributed by atoms with E-state index in [9.17, 15) is 8.42 Å². The van der Waals surface area contributed by atoms with Crippen molar-refractivity contribution < 1.29 is 18.3 Å². The van der Waals surface area contributed by atoms with Crippen molar-refractivity contribution in [3.05, 3.63) is 65.7 Å². The minimum absolute atomic E-state index is 0.00776. The molecule has 0 radical (unpaired) electrons. The molecule has 0 heterocycles. The largest absolute Gasteiger partial charge is 0.494 e. The van der Waals surface area contributed by atoms with Crippen LogP contribution in [0.25, 0.3) is 0 Å². The Morgan fingerprint density at radius 3 is 2.41 bits per heavy atom. The van der Waals surface area contributed by atoms with Crippen LogP contribution in [-0.2, 0) is 22.2 Å². The molecule has 2 aromatic rings. The minimum atomic E-state index is -3.18.